The number of hydrogen-bond acceptors (Lipinski definition) is 6. The Bertz CT molecular complexity index is 1030. The summed E-state index contributed by atoms with van der Waals surface area (Å²) in [5.41, 5.74) is 2.25. The molecule has 0 aliphatic carbocycles. The zero-order valence-corrected chi connectivity index (χ0v) is 12.3. The van der Waals surface area contributed by atoms with Gasteiger partial charge in [-0.3, -0.25) is 4.79 Å². The number of rotatable bonds is 3. The Labute approximate surface area is 128 Å². The molecule has 0 fully saturated rings. The molecule has 0 spiro atoms. The monoisotopic (exact) mass is 313 g/mol. The van der Waals surface area contributed by atoms with E-state index in [-0.39, 0.29) is 4.87 Å². The van der Waals surface area contributed by atoms with Gasteiger partial charge in [0.25, 0.3) is 0 Å². The van der Waals surface area contributed by atoms with Gasteiger partial charge in [-0.1, -0.05) is 11.3 Å². The molecule has 0 saturated carbocycles. The maximum atomic E-state index is 11.5. The SMILES string of the molecule is COc1cc2[nH]c(=O)sc2cc1Nc1ncnc2[nH]ccc12. The summed E-state index contributed by atoms with van der Waals surface area (Å²) in [5, 5.41) is 4.13. The number of anilines is 2. The number of thiazole rings is 1. The van der Waals surface area contributed by atoms with E-state index in [0.29, 0.717) is 11.6 Å². The molecule has 3 heterocycles. The van der Waals surface area contributed by atoms with Crippen LogP contribution in [0.3, 0.4) is 0 Å². The van der Waals surface area contributed by atoms with Crippen LogP contribution in [0.4, 0.5) is 11.5 Å². The van der Waals surface area contributed by atoms with Crippen molar-refractivity contribution >= 4 is 44.1 Å². The van der Waals surface area contributed by atoms with Crippen LogP contribution in [0, 0.1) is 0 Å². The standard InChI is InChI=1S/C14H11N5O2S/c1-21-10-4-9-11(22-14(20)19-9)5-8(10)18-13-7-2-3-15-12(7)16-6-17-13/h2-6H,1H3,(H,19,20)(H2,15,16,17,18). The van der Waals surface area contributed by atoms with E-state index >= 15 is 0 Å². The minimum Gasteiger partial charge on any atom is -0.494 e. The second-order valence-electron chi connectivity index (χ2n) is 4.65. The van der Waals surface area contributed by atoms with E-state index in [1.165, 1.54) is 6.33 Å². The van der Waals surface area contributed by atoms with Crippen LogP contribution < -0.4 is 14.9 Å². The van der Waals surface area contributed by atoms with Gasteiger partial charge in [0, 0.05) is 12.3 Å². The molecule has 0 saturated heterocycles. The molecule has 1 aromatic carbocycles. The Balaban J connectivity index is 1.86. The van der Waals surface area contributed by atoms with E-state index < -0.39 is 0 Å². The number of nitrogens with zero attached hydrogens (tertiary/aromatic N) is 2. The number of H-pyrrole nitrogens is 2. The predicted octanol–water partition coefficient (Wildman–Crippen LogP) is 2.61. The maximum absolute atomic E-state index is 11.5. The topological polar surface area (TPSA) is 95.7 Å². The highest BCUT2D eigenvalue weighted by Gasteiger charge is 2.11. The molecule has 0 aliphatic heterocycles. The average Bonchev–Trinajstić information content (AvgIpc) is 3.12. The number of aromatic amines is 2. The third-order valence-electron chi connectivity index (χ3n) is 3.35. The molecular formula is C14H11N5O2S. The van der Waals surface area contributed by atoms with Gasteiger partial charge in [0.2, 0.25) is 0 Å². The molecule has 0 radical (unpaired) electrons. The lowest BCUT2D eigenvalue weighted by Crippen LogP contribution is -1.98. The van der Waals surface area contributed by atoms with E-state index in [4.69, 9.17) is 4.74 Å². The summed E-state index contributed by atoms with van der Waals surface area (Å²) >= 11 is 1.16. The number of benzene rings is 1. The zero-order chi connectivity index (χ0) is 15.1. The zero-order valence-electron chi connectivity index (χ0n) is 11.5. The summed E-state index contributed by atoms with van der Waals surface area (Å²) in [6.45, 7) is 0. The summed E-state index contributed by atoms with van der Waals surface area (Å²) in [5.74, 6) is 1.30. The Hall–Kier alpha value is -2.87. The van der Waals surface area contributed by atoms with Gasteiger partial charge < -0.3 is 20.0 Å². The molecule has 3 N–H and O–H groups in total. The van der Waals surface area contributed by atoms with Crippen molar-refractivity contribution < 1.29 is 4.74 Å². The van der Waals surface area contributed by atoms with Gasteiger partial charge in [-0.25, -0.2) is 9.97 Å². The minimum atomic E-state index is -0.0933. The van der Waals surface area contributed by atoms with Crippen molar-refractivity contribution in [2.24, 2.45) is 0 Å². The van der Waals surface area contributed by atoms with Gasteiger partial charge in [-0.15, -0.1) is 0 Å². The summed E-state index contributed by atoms with van der Waals surface area (Å²) in [4.78, 5) is 25.6. The minimum absolute atomic E-state index is 0.0933. The van der Waals surface area contributed by atoms with Gasteiger partial charge in [-0.2, -0.15) is 0 Å². The second kappa shape index (κ2) is 4.85. The molecule has 0 bridgehead atoms. The number of nitrogens with one attached hydrogen (secondary N) is 3. The molecule has 22 heavy (non-hydrogen) atoms. The van der Waals surface area contributed by atoms with Crippen molar-refractivity contribution in [3.63, 3.8) is 0 Å². The molecule has 3 aromatic heterocycles. The van der Waals surface area contributed by atoms with Crippen molar-refractivity contribution in [2.75, 3.05) is 12.4 Å². The van der Waals surface area contributed by atoms with Crippen LogP contribution in [0.25, 0.3) is 21.3 Å². The molecule has 4 aromatic rings. The largest absolute Gasteiger partial charge is 0.494 e. The summed E-state index contributed by atoms with van der Waals surface area (Å²) in [7, 11) is 1.59. The van der Waals surface area contributed by atoms with Crippen LogP contribution in [-0.2, 0) is 0 Å². The van der Waals surface area contributed by atoms with Crippen LogP contribution in [0.1, 0.15) is 0 Å². The van der Waals surface area contributed by atoms with Crippen LogP contribution in [0.2, 0.25) is 0 Å². The number of aromatic nitrogens is 4. The second-order valence-corrected chi connectivity index (χ2v) is 5.67. The van der Waals surface area contributed by atoms with Crippen LogP contribution in [0.15, 0.2) is 35.5 Å². The fraction of sp³-hybridized carbons (Fsp3) is 0.0714. The lowest BCUT2D eigenvalue weighted by atomic mass is 10.2. The number of fused-ring (bicyclic) bond motifs is 2. The van der Waals surface area contributed by atoms with Gasteiger partial charge in [0.15, 0.2) is 0 Å². The highest BCUT2D eigenvalue weighted by molar-refractivity contribution is 7.16. The number of methoxy groups -OCH3 is 1. The Morgan fingerprint density at radius 2 is 2.23 bits per heavy atom. The molecule has 4 rings (SSSR count). The smallest absolute Gasteiger partial charge is 0.305 e. The highest BCUT2D eigenvalue weighted by Crippen LogP contribution is 2.33. The van der Waals surface area contributed by atoms with Gasteiger partial charge in [-0.05, 0) is 12.1 Å². The fourth-order valence-electron chi connectivity index (χ4n) is 2.34. The molecule has 0 amide bonds. The van der Waals surface area contributed by atoms with Gasteiger partial charge in [0.1, 0.15) is 23.5 Å². The lowest BCUT2D eigenvalue weighted by Gasteiger charge is -2.11. The van der Waals surface area contributed by atoms with Crippen LogP contribution >= 0.6 is 11.3 Å². The quantitative estimate of drug-likeness (QED) is 0.540. The van der Waals surface area contributed by atoms with Crippen LogP contribution in [-0.4, -0.2) is 27.0 Å². The maximum Gasteiger partial charge on any atom is 0.305 e. The molecule has 8 heteroatoms. The lowest BCUT2D eigenvalue weighted by molar-refractivity contribution is 0.417. The van der Waals surface area contributed by atoms with Crippen molar-refractivity contribution in [3.05, 3.63) is 40.4 Å². The van der Waals surface area contributed by atoms with Gasteiger partial charge >= 0.3 is 4.87 Å². The summed E-state index contributed by atoms with van der Waals surface area (Å²) in [6, 6.07) is 5.57. The van der Waals surface area contributed by atoms with Gasteiger partial charge in [0.05, 0.1) is 28.4 Å². The van der Waals surface area contributed by atoms with Crippen LogP contribution in [0.5, 0.6) is 5.75 Å². The highest BCUT2D eigenvalue weighted by atomic mass is 32.1. The van der Waals surface area contributed by atoms with Crippen molar-refractivity contribution in [2.45, 2.75) is 0 Å². The van der Waals surface area contributed by atoms with E-state index in [2.05, 4.69) is 25.3 Å². The number of ether oxygens (including phenoxy) is 1. The van der Waals surface area contributed by atoms with E-state index in [1.807, 2.05) is 18.3 Å². The first-order valence-electron chi connectivity index (χ1n) is 6.50. The third-order valence-corrected chi connectivity index (χ3v) is 4.19. The predicted molar refractivity (Wildman–Crippen MR) is 86.2 cm³/mol. The molecular weight excluding hydrogens is 302 g/mol. The first-order valence-corrected chi connectivity index (χ1v) is 7.32. The van der Waals surface area contributed by atoms with E-state index in [9.17, 15) is 4.79 Å². The average molecular weight is 313 g/mol. The van der Waals surface area contributed by atoms with Crippen molar-refractivity contribution in [3.8, 4) is 5.75 Å². The fourth-order valence-corrected chi connectivity index (χ4v) is 3.10. The molecule has 0 unspecified atom stereocenters. The normalized spacial score (nSPS) is 11.1. The third kappa shape index (κ3) is 2.01. The molecule has 0 atom stereocenters. The first kappa shape index (κ1) is 12.8. The molecule has 7 nitrogen and oxygen atoms in total. The Morgan fingerprint density at radius 3 is 3.09 bits per heavy atom. The Kier molecular flexibility index (Phi) is 2.83. The van der Waals surface area contributed by atoms with E-state index in [0.717, 1.165) is 38.3 Å². The van der Waals surface area contributed by atoms with E-state index in [1.54, 1.807) is 13.2 Å². The first-order chi connectivity index (χ1) is 10.7. The molecule has 0 aliphatic rings. The molecule has 110 valence electrons. The summed E-state index contributed by atoms with van der Waals surface area (Å²) in [6.07, 6.45) is 3.30. The number of hydrogen-bond donors (Lipinski definition) is 3. The van der Waals surface area contributed by atoms with Crippen molar-refractivity contribution in [1.29, 1.82) is 0 Å². The summed E-state index contributed by atoms with van der Waals surface area (Å²) < 4.78 is 6.25. The van der Waals surface area contributed by atoms with Crippen molar-refractivity contribution in [1.82, 2.24) is 19.9 Å². The Morgan fingerprint density at radius 1 is 1.32 bits per heavy atom.